The molecule has 0 unspecified atom stereocenters. The van der Waals surface area contributed by atoms with Crippen LogP contribution in [-0.2, 0) is 13.0 Å². The minimum atomic E-state index is -0.605. The summed E-state index contributed by atoms with van der Waals surface area (Å²) in [6, 6.07) is 9.57. The Morgan fingerprint density at radius 3 is 2.79 bits per heavy atom. The van der Waals surface area contributed by atoms with Gasteiger partial charge in [0.15, 0.2) is 11.6 Å². The van der Waals surface area contributed by atoms with Crippen LogP contribution in [0.4, 0.5) is 4.39 Å². The Bertz CT molecular complexity index is 1250. The monoisotopic (exact) mass is 477 g/mol. The third kappa shape index (κ3) is 4.75. The average molecular weight is 479 g/mol. The van der Waals surface area contributed by atoms with E-state index in [0.29, 0.717) is 20.6 Å². The van der Waals surface area contributed by atoms with Crippen molar-refractivity contribution in [2.75, 3.05) is 0 Å². The van der Waals surface area contributed by atoms with Crippen LogP contribution in [-0.4, -0.2) is 9.55 Å². The summed E-state index contributed by atoms with van der Waals surface area (Å²) in [5.41, 5.74) is -0.0128. The largest absolute Gasteiger partial charge is 0.453 e. The van der Waals surface area contributed by atoms with Gasteiger partial charge in [-0.1, -0.05) is 17.7 Å². The number of aromatic amines is 1. The molecule has 2 aromatic carbocycles. The number of halogens is 3. The average Bonchev–Trinajstić information content (AvgIpc) is 2.67. The summed E-state index contributed by atoms with van der Waals surface area (Å²) >= 11 is 9.23. The van der Waals surface area contributed by atoms with E-state index in [1.165, 1.54) is 29.0 Å². The number of aromatic nitrogens is 2. The van der Waals surface area contributed by atoms with Crippen molar-refractivity contribution in [1.29, 1.82) is 5.26 Å². The summed E-state index contributed by atoms with van der Waals surface area (Å²) in [6.07, 6.45) is 1.63. The molecule has 0 aliphatic heterocycles. The van der Waals surface area contributed by atoms with E-state index in [9.17, 15) is 9.59 Å². The molecule has 0 bridgehead atoms. The van der Waals surface area contributed by atoms with Gasteiger partial charge in [-0.25, -0.2) is 9.18 Å². The van der Waals surface area contributed by atoms with E-state index in [4.69, 9.17) is 21.6 Å². The number of hydrogen-bond acceptors (Lipinski definition) is 4. The van der Waals surface area contributed by atoms with Crippen molar-refractivity contribution in [2.45, 2.75) is 19.9 Å². The van der Waals surface area contributed by atoms with Gasteiger partial charge in [-0.2, -0.15) is 5.26 Å². The highest BCUT2D eigenvalue weighted by atomic mass is 79.9. The number of nitrogens with zero attached hydrogens (tertiary/aromatic N) is 2. The summed E-state index contributed by atoms with van der Waals surface area (Å²) in [5, 5.41) is 9.34. The van der Waals surface area contributed by atoms with E-state index in [-0.39, 0.29) is 30.0 Å². The van der Waals surface area contributed by atoms with Gasteiger partial charge < -0.3 is 4.74 Å². The van der Waals surface area contributed by atoms with Gasteiger partial charge in [0.1, 0.15) is 5.75 Å². The molecule has 0 fully saturated rings. The number of benzene rings is 2. The zero-order valence-electron chi connectivity index (χ0n) is 15.1. The molecule has 3 aromatic rings. The predicted molar refractivity (Wildman–Crippen MR) is 110 cm³/mol. The van der Waals surface area contributed by atoms with Gasteiger partial charge in [0.25, 0.3) is 5.56 Å². The SMILES string of the molecule is Cc1cn(CCc2ccc(Br)c(Oc3cc(Cl)cc(C#N)c3)c2F)c(=O)[nH]c1=O. The normalized spacial score (nSPS) is 10.6. The fourth-order valence-corrected chi connectivity index (χ4v) is 3.30. The minimum absolute atomic E-state index is 0.0568. The molecule has 0 spiro atoms. The highest BCUT2D eigenvalue weighted by Crippen LogP contribution is 2.35. The highest BCUT2D eigenvalue weighted by molar-refractivity contribution is 9.10. The lowest BCUT2D eigenvalue weighted by Gasteiger charge is -2.13. The van der Waals surface area contributed by atoms with Gasteiger partial charge in [-0.15, -0.1) is 0 Å². The first-order chi connectivity index (χ1) is 13.8. The Hall–Kier alpha value is -2.89. The number of ether oxygens (including phenoxy) is 1. The predicted octanol–water partition coefficient (Wildman–Crippen LogP) is 4.31. The van der Waals surface area contributed by atoms with Gasteiger partial charge in [-0.3, -0.25) is 14.3 Å². The van der Waals surface area contributed by atoms with Crippen LogP contribution in [0.1, 0.15) is 16.7 Å². The number of aryl methyl sites for hydroxylation is 3. The van der Waals surface area contributed by atoms with Crippen LogP contribution in [0.15, 0.2) is 50.6 Å². The molecule has 6 nitrogen and oxygen atoms in total. The van der Waals surface area contributed by atoms with Crippen molar-refractivity contribution in [3.05, 3.63) is 89.4 Å². The second kappa shape index (κ2) is 8.64. The Labute approximate surface area is 178 Å². The number of rotatable bonds is 5. The second-order valence-corrected chi connectivity index (χ2v) is 7.54. The molecule has 148 valence electrons. The minimum Gasteiger partial charge on any atom is -0.453 e. The quantitative estimate of drug-likeness (QED) is 0.592. The zero-order chi connectivity index (χ0) is 21.1. The maximum absolute atomic E-state index is 15.1. The molecule has 0 amide bonds. The summed E-state index contributed by atoms with van der Waals surface area (Å²) in [5.74, 6) is -0.441. The molecule has 3 rings (SSSR count). The van der Waals surface area contributed by atoms with Gasteiger partial charge in [-0.05, 0) is 59.1 Å². The first kappa shape index (κ1) is 20.8. The third-order valence-electron chi connectivity index (χ3n) is 4.16. The van der Waals surface area contributed by atoms with Gasteiger partial charge in [0.05, 0.1) is 16.1 Å². The fourth-order valence-electron chi connectivity index (χ4n) is 2.69. The van der Waals surface area contributed by atoms with E-state index in [0.717, 1.165) is 0 Å². The standard InChI is InChI=1S/C20H14BrClFN3O3/c1-11-10-26(20(28)25-19(11)27)5-4-13-2-3-16(21)18(17(13)23)29-15-7-12(9-24)6-14(22)8-15/h2-3,6-8,10H,4-5H2,1H3,(H,25,27,28). The van der Waals surface area contributed by atoms with Crippen molar-refractivity contribution >= 4 is 27.5 Å². The number of hydrogen-bond donors (Lipinski definition) is 1. The van der Waals surface area contributed by atoms with E-state index in [1.807, 2.05) is 6.07 Å². The molecular weight excluding hydrogens is 465 g/mol. The summed E-state index contributed by atoms with van der Waals surface area (Å²) in [4.78, 5) is 25.6. The first-order valence-corrected chi connectivity index (χ1v) is 9.61. The van der Waals surface area contributed by atoms with Crippen LogP contribution in [0.25, 0.3) is 0 Å². The lowest BCUT2D eigenvalue weighted by Crippen LogP contribution is -2.31. The molecule has 29 heavy (non-hydrogen) atoms. The number of H-pyrrole nitrogens is 1. The van der Waals surface area contributed by atoms with Gasteiger partial charge in [0.2, 0.25) is 0 Å². The maximum atomic E-state index is 15.1. The van der Waals surface area contributed by atoms with Crippen LogP contribution < -0.4 is 16.0 Å². The molecule has 0 aliphatic rings. The second-order valence-electron chi connectivity index (χ2n) is 6.25. The Morgan fingerprint density at radius 2 is 2.07 bits per heavy atom. The molecule has 0 saturated heterocycles. The van der Waals surface area contributed by atoms with E-state index >= 15 is 4.39 Å². The smallest absolute Gasteiger partial charge is 0.328 e. The van der Waals surface area contributed by atoms with Crippen LogP contribution in [0.5, 0.6) is 11.5 Å². The lowest BCUT2D eigenvalue weighted by atomic mass is 10.1. The van der Waals surface area contributed by atoms with Crippen molar-refractivity contribution < 1.29 is 9.13 Å². The third-order valence-corrected chi connectivity index (χ3v) is 5.00. The molecule has 0 aliphatic carbocycles. The Kier molecular flexibility index (Phi) is 6.20. The van der Waals surface area contributed by atoms with Gasteiger partial charge in [0, 0.05) is 23.3 Å². The number of nitrogens with one attached hydrogen (secondary N) is 1. The fraction of sp³-hybridized carbons (Fsp3) is 0.150. The Balaban J connectivity index is 1.89. The van der Waals surface area contributed by atoms with Crippen molar-refractivity contribution in [3.63, 3.8) is 0 Å². The zero-order valence-corrected chi connectivity index (χ0v) is 17.5. The van der Waals surface area contributed by atoms with E-state index in [2.05, 4.69) is 20.9 Å². The van der Waals surface area contributed by atoms with Crippen LogP contribution in [0.3, 0.4) is 0 Å². The Morgan fingerprint density at radius 1 is 1.31 bits per heavy atom. The van der Waals surface area contributed by atoms with Crippen LogP contribution in [0, 0.1) is 24.1 Å². The highest BCUT2D eigenvalue weighted by Gasteiger charge is 2.16. The maximum Gasteiger partial charge on any atom is 0.328 e. The topological polar surface area (TPSA) is 87.9 Å². The van der Waals surface area contributed by atoms with Gasteiger partial charge >= 0.3 is 5.69 Å². The summed E-state index contributed by atoms with van der Waals surface area (Å²) in [7, 11) is 0. The van der Waals surface area contributed by atoms with E-state index < -0.39 is 17.1 Å². The molecule has 0 saturated carbocycles. The molecule has 1 heterocycles. The summed E-state index contributed by atoms with van der Waals surface area (Å²) < 4.78 is 22.4. The van der Waals surface area contributed by atoms with Crippen molar-refractivity contribution in [3.8, 4) is 17.6 Å². The lowest BCUT2D eigenvalue weighted by molar-refractivity contribution is 0.434. The molecule has 1 N–H and O–H groups in total. The molecule has 0 radical (unpaired) electrons. The first-order valence-electron chi connectivity index (χ1n) is 8.44. The van der Waals surface area contributed by atoms with Crippen molar-refractivity contribution in [2.24, 2.45) is 0 Å². The van der Waals surface area contributed by atoms with Crippen LogP contribution >= 0.6 is 27.5 Å². The summed E-state index contributed by atoms with van der Waals surface area (Å²) in [6.45, 7) is 1.76. The van der Waals surface area contributed by atoms with Crippen LogP contribution in [0.2, 0.25) is 5.02 Å². The van der Waals surface area contributed by atoms with Crippen molar-refractivity contribution in [1.82, 2.24) is 9.55 Å². The van der Waals surface area contributed by atoms with E-state index in [1.54, 1.807) is 19.1 Å². The molecule has 1 aromatic heterocycles. The number of nitriles is 1. The molecule has 9 heteroatoms. The molecular formula is C20H14BrClFN3O3. The molecule has 0 atom stereocenters.